The molecule has 7 rings (SSSR count). The minimum Gasteiger partial charge on any atom is -0.366 e. The molecule has 0 radical (unpaired) electrons. The molecule has 2 saturated heterocycles. The Morgan fingerprint density at radius 2 is 2.00 bits per heavy atom. The van der Waals surface area contributed by atoms with Gasteiger partial charge in [-0.15, -0.1) is 11.3 Å². The highest BCUT2D eigenvalue weighted by Crippen LogP contribution is 2.46. The molecule has 3 aromatic rings. The van der Waals surface area contributed by atoms with Crippen LogP contribution in [0, 0.1) is 0 Å². The molecule has 2 bridgehead atoms. The van der Waals surface area contributed by atoms with Crippen LogP contribution in [-0.4, -0.2) is 61.8 Å². The summed E-state index contributed by atoms with van der Waals surface area (Å²) in [5.74, 6) is -0.659. The van der Waals surface area contributed by atoms with Crippen LogP contribution in [0.4, 0.5) is 30.5 Å². The lowest BCUT2D eigenvalue weighted by atomic mass is 10.1. The van der Waals surface area contributed by atoms with Crippen molar-refractivity contribution in [2.75, 3.05) is 35.6 Å². The molecule has 40 heavy (non-hydrogen) atoms. The Hall–Kier alpha value is -3.23. The molecule has 2 atom stereocenters. The summed E-state index contributed by atoms with van der Waals surface area (Å²) in [7, 11) is -3.85. The molecular weight excluding hydrogens is 565 g/mol. The number of fused-ring (bicyclic) bond motifs is 3. The van der Waals surface area contributed by atoms with E-state index in [1.54, 1.807) is 0 Å². The highest BCUT2D eigenvalue weighted by Gasteiger charge is 2.39. The maximum Gasteiger partial charge on any atom is 0.420 e. The Morgan fingerprint density at radius 1 is 1.18 bits per heavy atom. The fourth-order valence-electron chi connectivity index (χ4n) is 5.78. The van der Waals surface area contributed by atoms with Gasteiger partial charge in [0.25, 0.3) is 5.91 Å². The molecule has 1 aromatic carbocycles. The average Bonchev–Trinajstić information content (AvgIpc) is 3.32. The standard InChI is InChI=1S/C26H25F3N6O3S2/c27-26(28,29)18-11-32-25(34-22(18)20-9-21-23(39-20)24(36)30-5-6-40(21,37)38)33-19-4-3-15(8-17(19)13-1-2-13)35-12-14-7-16(35)10-31-14/h3-4,8-9,11,13-14,16,31H,1-2,5-7,10,12H2,(H,30,36)(H,32,33,34)/t14-,16-/m1/s1. The number of nitrogens with one attached hydrogen (secondary N) is 3. The SMILES string of the molecule is O=C1NCCS(=O)(=O)c2cc(-c3nc(Nc4ccc(N5C[C@H]6C[C@@H]5CN6)cc4C4CC4)ncc3C(F)(F)F)sc21. The Bertz CT molecular complexity index is 1640. The molecule has 210 valence electrons. The van der Waals surface area contributed by atoms with Gasteiger partial charge in [0.05, 0.1) is 21.2 Å². The van der Waals surface area contributed by atoms with Crippen molar-refractivity contribution in [3.8, 4) is 10.6 Å². The van der Waals surface area contributed by atoms with Crippen LogP contribution in [0.1, 0.15) is 46.0 Å². The zero-order valence-corrected chi connectivity index (χ0v) is 22.7. The number of nitrogens with zero attached hydrogens (tertiary/aromatic N) is 3. The number of aromatic nitrogens is 2. The minimum atomic E-state index is -4.79. The smallest absolute Gasteiger partial charge is 0.366 e. The van der Waals surface area contributed by atoms with Gasteiger partial charge in [-0.3, -0.25) is 4.79 Å². The van der Waals surface area contributed by atoms with Gasteiger partial charge in [-0.1, -0.05) is 0 Å². The van der Waals surface area contributed by atoms with Gasteiger partial charge < -0.3 is 20.9 Å². The summed E-state index contributed by atoms with van der Waals surface area (Å²) in [5, 5.41) is 9.11. The van der Waals surface area contributed by atoms with E-state index in [4.69, 9.17) is 0 Å². The van der Waals surface area contributed by atoms with Crippen LogP contribution < -0.4 is 20.9 Å². The first-order valence-corrected chi connectivity index (χ1v) is 15.5. The third-order valence-corrected chi connectivity index (χ3v) is 10.9. The van der Waals surface area contributed by atoms with E-state index in [0.717, 1.165) is 55.4 Å². The molecule has 5 heterocycles. The molecule has 14 heteroatoms. The zero-order valence-electron chi connectivity index (χ0n) is 21.1. The van der Waals surface area contributed by atoms with Gasteiger partial charge >= 0.3 is 6.18 Å². The van der Waals surface area contributed by atoms with E-state index >= 15 is 0 Å². The number of sulfone groups is 1. The van der Waals surface area contributed by atoms with Crippen molar-refractivity contribution in [3.05, 3.63) is 46.5 Å². The van der Waals surface area contributed by atoms with E-state index in [0.29, 0.717) is 35.5 Å². The van der Waals surface area contributed by atoms with Gasteiger partial charge in [-0.25, -0.2) is 18.4 Å². The van der Waals surface area contributed by atoms with Crippen molar-refractivity contribution in [1.82, 2.24) is 20.6 Å². The predicted octanol–water partition coefficient (Wildman–Crippen LogP) is 3.91. The summed E-state index contributed by atoms with van der Waals surface area (Å²) in [6, 6.07) is 8.17. The van der Waals surface area contributed by atoms with E-state index in [-0.39, 0.29) is 32.9 Å². The molecule has 2 aromatic heterocycles. The number of amides is 1. The van der Waals surface area contributed by atoms with E-state index < -0.39 is 33.2 Å². The van der Waals surface area contributed by atoms with Crippen LogP contribution in [-0.2, 0) is 16.0 Å². The molecule has 0 spiro atoms. The molecule has 9 nitrogen and oxygen atoms in total. The van der Waals surface area contributed by atoms with Crippen LogP contribution in [0.25, 0.3) is 10.6 Å². The number of hydrogen-bond acceptors (Lipinski definition) is 9. The summed E-state index contributed by atoms with van der Waals surface area (Å²) in [4.78, 5) is 22.6. The molecule has 1 saturated carbocycles. The van der Waals surface area contributed by atoms with Crippen LogP contribution in [0.15, 0.2) is 35.4 Å². The quantitative estimate of drug-likeness (QED) is 0.410. The summed E-state index contributed by atoms with van der Waals surface area (Å²) < 4.78 is 67.4. The van der Waals surface area contributed by atoms with Crippen molar-refractivity contribution in [2.24, 2.45) is 0 Å². The normalized spacial score (nSPS) is 23.6. The first-order chi connectivity index (χ1) is 19.1. The summed E-state index contributed by atoms with van der Waals surface area (Å²) in [6.45, 7) is 1.84. The van der Waals surface area contributed by atoms with E-state index in [9.17, 15) is 26.4 Å². The molecule has 3 N–H and O–H groups in total. The number of rotatable bonds is 5. The third kappa shape index (κ3) is 4.51. The van der Waals surface area contributed by atoms with E-state index in [1.165, 1.54) is 0 Å². The Kier molecular flexibility index (Phi) is 5.88. The molecule has 1 aliphatic carbocycles. The van der Waals surface area contributed by atoms with Crippen molar-refractivity contribution < 1.29 is 26.4 Å². The number of thiophene rings is 1. The lowest BCUT2D eigenvalue weighted by Gasteiger charge is -2.30. The molecule has 4 aliphatic rings. The number of hydrogen-bond donors (Lipinski definition) is 3. The number of carbonyl (C=O) groups excluding carboxylic acids is 1. The Morgan fingerprint density at radius 3 is 2.70 bits per heavy atom. The maximum atomic E-state index is 14.0. The molecule has 0 unspecified atom stereocenters. The lowest BCUT2D eigenvalue weighted by molar-refractivity contribution is -0.137. The van der Waals surface area contributed by atoms with Gasteiger partial charge in [0.2, 0.25) is 5.95 Å². The highest BCUT2D eigenvalue weighted by molar-refractivity contribution is 7.91. The second kappa shape index (κ2) is 9.14. The summed E-state index contributed by atoms with van der Waals surface area (Å²) in [6.07, 6.45) is -0.912. The maximum absolute atomic E-state index is 14.0. The molecule has 1 amide bonds. The first kappa shape index (κ1) is 25.7. The van der Waals surface area contributed by atoms with Gasteiger partial charge in [0.1, 0.15) is 10.4 Å². The van der Waals surface area contributed by atoms with Gasteiger partial charge in [0, 0.05) is 49.3 Å². The number of anilines is 3. The Labute approximate surface area is 232 Å². The van der Waals surface area contributed by atoms with E-state index in [2.05, 4.69) is 36.9 Å². The second-order valence-corrected chi connectivity index (χ2v) is 13.8. The lowest BCUT2D eigenvalue weighted by Crippen LogP contribution is -2.43. The number of alkyl halides is 3. The van der Waals surface area contributed by atoms with Crippen molar-refractivity contribution in [2.45, 2.75) is 48.3 Å². The largest absolute Gasteiger partial charge is 0.420 e. The minimum absolute atomic E-state index is 0.0435. The molecule has 3 aliphatic heterocycles. The highest BCUT2D eigenvalue weighted by atomic mass is 32.2. The first-order valence-electron chi connectivity index (χ1n) is 13.1. The third-order valence-electron chi connectivity index (χ3n) is 7.91. The number of halogens is 3. The topological polar surface area (TPSA) is 116 Å². The fourth-order valence-corrected chi connectivity index (χ4v) is 8.60. The van der Waals surface area contributed by atoms with Crippen LogP contribution in [0.2, 0.25) is 0 Å². The average molecular weight is 591 g/mol. The monoisotopic (exact) mass is 590 g/mol. The van der Waals surface area contributed by atoms with Crippen LogP contribution in [0.3, 0.4) is 0 Å². The van der Waals surface area contributed by atoms with Crippen molar-refractivity contribution >= 4 is 44.4 Å². The van der Waals surface area contributed by atoms with Crippen molar-refractivity contribution in [3.63, 3.8) is 0 Å². The number of benzene rings is 1. The number of carbonyl (C=O) groups is 1. The van der Waals surface area contributed by atoms with Crippen molar-refractivity contribution in [1.29, 1.82) is 0 Å². The Balaban J connectivity index is 1.26. The van der Waals surface area contributed by atoms with Crippen LogP contribution >= 0.6 is 11.3 Å². The van der Waals surface area contributed by atoms with Gasteiger partial charge in [-0.05, 0) is 55.0 Å². The van der Waals surface area contributed by atoms with Gasteiger partial charge in [0.15, 0.2) is 9.84 Å². The van der Waals surface area contributed by atoms with Crippen LogP contribution in [0.5, 0.6) is 0 Å². The number of piperazine rings is 1. The molecule has 3 fully saturated rings. The van der Waals surface area contributed by atoms with E-state index in [1.807, 2.05) is 12.1 Å². The second-order valence-electron chi connectivity index (χ2n) is 10.7. The predicted molar refractivity (Wildman–Crippen MR) is 144 cm³/mol. The summed E-state index contributed by atoms with van der Waals surface area (Å²) in [5.41, 5.74) is 1.35. The van der Waals surface area contributed by atoms with Gasteiger partial charge in [-0.2, -0.15) is 13.2 Å². The fraction of sp³-hybridized carbons (Fsp3) is 0.423. The molecular formula is C26H25F3N6O3S2. The summed E-state index contributed by atoms with van der Waals surface area (Å²) >= 11 is 0.677. The zero-order chi connectivity index (χ0) is 27.8.